The molecule has 0 fully saturated rings. The summed E-state index contributed by atoms with van der Waals surface area (Å²) in [5.74, 6) is 6.43. The van der Waals surface area contributed by atoms with E-state index in [4.69, 9.17) is 14.9 Å². The van der Waals surface area contributed by atoms with Gasteiger partial charge in [-0.15, -0.1) is 0 Å². The van der Waals surface area contributed by atoms with Gasteiger partial charge in [0.2, 0.25) is 0 Å². The van der Waals surface area contributed by atoms with Crippen LogP contribution in [0.2, 0.25) is 0 Å². The zero-order chi connectivity index (χ0) is 15.5. The number of rotatable bonds is 8. The lowest BCUT2D eigenvalue weighted by atomic mass is 10.1. The third-order valence-electron chi connectivity index (χ3n) is 3.23. The van der Waals surface area contributed by atoms with Crippen molar-refractivity contribution >= 4 is 0 Å². The summed E-state index contributed by atoms with van der Waals surface area (Å²) in [6.07, 6.45) is 2.98. The molecule has 0 atom stereocenters. The Bertz CT molecular complexity index is 477. The number of methoxy groups -OCH3 is 1. The van der Waals surface area contributed by atoms with Crippen LogP contribution in [0.5, 0.6) is 5.75 Å². The first-order valence-corrected chi connectivity index (χ1v) is 7.27. The molecule has 0 bridgehead atoms. The second-order valence-corrected chi connectivity index (χ2v) is 5.01. The second-order valence-electron chi connectivity index (χ2n) is 5.01. The summed E-state index contributed by atoms with van der Waals surface area (Å²) in [5.41, 5.74) is 1.97. The minimum atomic E-state index is -0.133. The molecule has 0 heterocycles. The Labute approximate surface area is 127 Å². The third-order valence-corrected chi connectivity index (χ3v) is 3.23. The van der Waals surface area contributed by atoms with Crippen LogP contribution < -0.4 is 4.74 Å². The quantitative estimate of drug-likeness (QED) is 0.565. The molecule has 0 saturated carbocycles. The molecule has 4 heteroatoms. The van der Waals surface area contributed by atoms with Crippen molar-refractivity contribution in [1.29, 1.82) is 0 Å². The van der Waals surface area contributed by atoms with Gasteiger partial charge >= 0.3 is 0 Å². The number of benzene rings is 1. The van der Waals surface area contributed by atoms with Crippen LogP contribution in [0.15, 0.2) is 18.2 Å². The predicted octanol–water partition coefficient (Wildman–Crippen LogP) is 1.63. The molecule has 116 valence electrons. The standard InChI is InChI=1S/C17H25NO3/c1-18(10-4-3-5-11-19)14-16-13-15(7-6-12-20)8-9-17(16)21-2/h8-9,13,19-20H,3-5,10-12,14H2,1-2H3. The smallest absolute Gasteiger partial charge is 0.123 e. The summed E-state index contributed by atoms with van der Waals surface area (Å²) in [4.78, 5) is 2.23. The minimum Gasteiger partial charge on any atom is -0.496 e. The first-order valence-electron chi connectivity index (χ1n) is 7.27. The molecule has 0 saturated heterocycles. The van der Waals surface area contributed by atoms with Gasteiger partial charge in [-0.25, -0.2) is 0 Å². The van der Waals surface area contributed by atoms with E-state index < -0.39 is 0 Å². The minimum absolute atomic E-state index is 0.133. The molecule has 0 aliphatic rings. The van der Waals surface area contributed by atoms with Crippen LogP contribution in [0.25, 0.3) is 0 Å². The maximum Gasteiger partial charge on any atom is 0.123 e. The average molecular weight is 291 g/mol. The van der Waals surface area contributed by atoms with E-state index in [-0.39, 0.29) is 13.2 Å². The highest BCUT2D eigenvalue weighted by Gasteiger charge is 2.07. The molecule has 0 spiro atoms. The Balaban J connectivity index is 2.66. The molecule has 0 aliphatic carbocycles. The number of hydrogen-bond donors (Lipinski definition) is 2. The first-order chi connectivity index (χ1) is 10.2. The summed E-state index contributed by atoms with van der Waals surface area (Å²) in [6, 6.07) is 5.81. The second kappa shape index (κ2) is 10.2. The fourth-order valence-electron chi connectivity index (χ4n) is 2.16. The molecule has 1 aromatic rings. The van der Waals surface area contributed by atoms with Gasteiger partial charge in [0.05, 0.1) is 7.11 Å². The Morgan fingerprint density at radius 2 is 2.00 bits per heavy atom. The van der Waals surface area contributed by atoms with E-state index in [0.717, 1.165) is 49.2 Å². The van der Waals surface area contributed by atoms with E-state index in [9.17, 15) is 0 Å². The van der Waals surface area contributed by atoms with Crippen LogP contribution in [0.4, 0.5) is 0 Å². The number of hydrogen-bond acceptors (Lipinski definition) is 4. The lowest BCUT2D eigenvalue weighted by Crippen LogP contribution is -2.19. The highest BCUT2D eigenvalue weighted by Crippen LogP contribution is 2.21. The van der Waals surface area contributed by atoms with Crippen molar-refractivity contribution in [2.24, 2.45) is 0 Å². The maximum atomic E-state index is 8.78. The number of ether oxygens (including phenoxy) is 1. The van der Waals surface area contributed by atoms with Crippen molar-refractivity contribution in [1.82, 2.24) is 4.90 Å². The van der Waals surface area contributed by atoms with Crippen LogP contribution in [0, 0.1) is 11.8 Å². The SMILES string of the molecule is COc1ccc(C#CCO)cc1CN(C)CCCCCO. The van der Waals surface area contributed by atoms with Gasteiger partial charge in [-0.2, -0.15) is 0 Å². The number of aliphatic hydroxyl groups excluding tert-OH is 2. The van der Waals surface area contributed by atoms with Crippen LogP contribution in [-0.2, 0) is 6.54 Å². The van der Waals surface area contributed by atoms with Gasteiger partial charge in [0.1, 0.15) is 12.4 Å². The van der Waals surface area contributed by atoms with E-state index in [1.165, 1.54) is 0 Å². The van der Waals surface area contributed by atoms with Gasteiger partial charge in [0, 0.05) is 24.3 Å². The van der Waals surface area contributed by atoms with E-state index in [1.807, 2.05) is 18.2 Å². The van der Waals surface area contributed by atoms with Gasteiger partial charge in [-0.3, -0.25) is 0 Å². The highest BCUT2D eigenvalue weighted by atomic mass is 16.5. The Kier molecular flexibility index (Phi) is 8.53. The van der Waals surface area contributed by atoms with Crippen molar-refractivity contribution in [2.45, 2.75) is 25.8 Å². The molecule has 1 rings (SSSR count). The molecular formula is C17H25NO3. The number of unbranched alkanes of at least 4 members (excludes halogenated alkanes) is 2. The first kappa shape index (κ1) is 17.5. The lowest BCUT2D eigenvalue weighted by molar-refractivity contribution is 0.270. The summed E-state index contributed by atoms with van der Waals surface area (Å²) in [7, 11) is 3.74. The predicted molar refractivity (Wildman–Crippen MR) is 84.2 cm³/mol. The van der Waals surface area contributed by atoms with Crippen molar-refractivity contribution in [3.63, 3.8) is 0 Å². The fraction of sp³-hybridized carbons (Fsp3) is 0.529. The fourth-order valence-corrected chi connectivity index (χ4v) is 2.16. The van der Waals surface area contributed by atoms with Crippen LogP contribution in [0.1, 0.15) is 30.4 Å². The zero-order valence-corrected chi connectivity index (χ0v) is 12.9. The number of nitrogens with zero attached hydrogens (tertiary/aromatic N) is 1. The lowest BCUT2D eigenvalue weighted by Gasteiger charge is -2.18. The molecule has 1 aromatic carbocycles. The summed E-state index contributed by atoms with van der Waals surface area (Å²) >= 11 is 0. The van der Waals surface area contributed by atoms with Gasteiger partial charge in [-0.1, -0.05) is 11.8 Å². The highest BCUT2D eigenvalue weighted by molar-refractivity contribution is 5.44. The molecule has 0 aliphatic heterocycles. The Morgan fingerprint density at radius 3 is 2.67 bits per heavy atom. The van der Waals surface area contributed by atoms with E-state index in [2.05, 4.69) is 23.8 Å². The molecule has 21 heavy (non-hydrogen) atoms. The number of aliphatic hydroxyl groups is 2. The van der Waals surface area contributed by atoms with Crippen molar-refractivity contribution in [3.8, 4) is 17.6 Å². The largest absolute Gasteiger partial charge is 0.496 e. The molecule has 0 unspecified atom stereocenters. The van der Waals surface area contributed by atoms with Crippen LogP contribution in [-0.4, -0.2) is 49.0 Å². The summed E-state index contributed by atoms with van der Waals surface area (Å²) < 4.78 is 5.39. The van der Waals surface area contributed by atoms with Crippen molar-refractivity contribution < 1.29 is 14.9 Å². The molecule has 0 aromatic heterocycles. The Morgan fingerprint density at radius 1 is 1.19 bits per heavy atom. The third kappa shape index (κ3) is 6.63. The molecule has 2 N–H and O–H groups in total. The Hall–Kier alpha value is -1.54. The van der Waals surface area contributed by atoms with E-state index >= 15 is 0 Å². The average Bonchev–Trinajstić information content (AvgIpc) is 2.50. The van der Waals surface area contributed by atoms with Crippen molar-refractivity contribution in [3.05, 3.63) is 29.3 Å². The van der Waals surface area contributed by atoms with Gasteiger partial charge in [-0.05, 0) is 51.1 Å². The van der Waals surface area contributed by atoms with Crippen molar-refractivity contribution in [2.75, 3.05) is 33.9 Å². The van der Waals surface area contributed by atoms with E-state index in [0.29, 0.717) is 0 Å². The van der Waals surface area contributed by atoms with Gasteiger partial charge in [0.25, 0.3) is 0 Å². The van der Waals surface area contributed by atoms with Crippen LogP contribution in [0.3, 0.4) is 0 Å². The zero-order valence-electron chi connectivity index (χ0n) is 12.9. The molecule has 0 amide bonds. The van der Waals surface area contributed by atoms with E-state index in [1.54, 1.807) is 7.11 Å². The monoisotopic (exact) mass is 291 g/mol. The van der Waals surface area contributed by atoms with Crippen LogP contribution >= 0.6 is 0 Å². The molecular weight excluding hydrogens is 266 g/mol. The molecule has 4 nitrogen and oxygen atoms in total. The summed E-state index contributed by atoms with van der Waals surface area (Å²) in [6.45, 7) is 1.90. The topological polar surface area (TPSA) is 52.9 Å². The molecule has 0 radical (unpaired) electrons. The normalized spacial score (nSPS) is 10.3. The van der Waals surface area contributed by atoms with Gasteiger partial charge in [0.15, 0.2) is 0 Å². The van der Waals surface area contributed by atoms with Gasteiger partial charge < -0.3 is 19.8 Å². The summed E-state index contributed by atoms with van der Waals surface area (Å²) in [5, 5.41) is 17.5. The maximum absolute atomic E-state index is 8.78.